The number of para-hydroxylation sites is 2. The largest absolute Gasteiger partial charge is 0.455 e. The molecule has 0 unspecified atom stereocenters. The SMILES string of the molecule is c1ccc2cc(N(c3ccc4ccccc4c3)c3cc4c5ccc(-c6ccc(-c7cccc8c7oc7ccccc78)cc6)cc5sc4c4ccccc34)ccc2c1. The van der Waals surface area contributed by atoms with E-state index in [1.807, 2.05) is 23.5 Å². The summed E-state index contributed by atoms with van der Waals surface area (Å²) in [5, 5.41) is 12.3. The van der Waals surface area contributed by atoms with Gasteiger partial charge in [0.1, 0.15) is 11.2 Å². The number of thiophene rings is 1. The van der Waals surface area contributed by atoms with Gasteiger partial charge in [-0.05, 0) is 80.7 Å². The maximum absolute atomic E-state index is 6.37. The predicted octanol–water partition coefficient (Wildman–Crippen LogP) is 16.2. The third kappa shape index (κ3) is 5.17. The van der Waals surface area contributed by atoms with Crippen LogP contribution in [0.1, 0.15) is 0 Å². The average molecular weight is 744 g/mol. The van der Waals surface area contributed by atoms with Crippen LogP contribution in [0.3, 0.4) is 0 Å². The maximum Gasteiger partial charge on any atom is 0.143 e. The van der Waals surface area contributed by atoms with Crippen molar-refractivity contribution in [2.75, 3.05) is 4.90 Å². The first-order valence-corrected chi connectivity index (χ1v) is 20.2. The van der Waals surface area contributed by atoms with Crippen LogP contribution in [-0.4, -0.2) is 0 Å². The Morgan fingerprint density at radius 3 is 1.70 bits per heavy atom. The Balaban J connectivity index is 1.000. The molecule has 57 heavy (non-hydrogen) atoms. The third-order valence-electron chi connectivity index (χ3n) is 11.6. The summed E-state index contributed by atoms with van der Waals surface area (Å²) in [6.07, 6.45) is 0. The number of rotatable bonds is 5. The minimum absolute atomic E-state index is 0.920. The van der Waals surface area contributed by atoms with Gasteiger partial charge in [-0.3, -0.25) is 0 Å². The molecule has 0 aliphatic carbocycles. The fourth-order valence-corrected chi connectivity index (χ4v) is 10.1. The molecule has 2 heterocycles. The van der Waals surface area contributed by atoms with Gasteiger partial charge in [0, 0.05) is 58.7 Å². The molecule has 0 aliphatic rings. The van der Waals surface area contributed by atoms with Crippen molar-refractivity contribution in [3.8, 4) is 22.3 Å². The molecule has 12 aromatic rings. The Morgan fingerprint density at radius 2 is 0.965 bits per heavy atom. The Bertz CT molecular complexity index is 3460. The molecule has 0 bridgehead atoms. The van der Waals surface area contributed by atoms with Crippen LogP contribution in [0.4, 0.5) is 17.1 Å². The molecule has 0 saturated carbocycles. The number of anilines is 3. The minimum atomic E-state index is 0.920. The molecule has 0 N–H and O–H groups in total. The first-order chi connectivity index (χ1) is 28.2. The number of furan rings is 1. The number of benzene rings is 10. The molecule has 0 radical (unpaired) electrons. The molecule has 0 spiro atoms. The lowest BCUT2D eigenvalue weighted by atomic mass is 9.98. The van der Waals surface area contributed by atoms with E-state index >= 15 is 0 Å². The van der Waals surface area contributed by atoms with E-state index < -0.39 is 0 Å². The van der Waals surface area contributed by atoms with Crippen LogP contribution in [0.5, 0.6) is 0 Å². The first kappa shape index (κ1) is 32.1. The summed E-state index contributed by atoms with van der Waals surface area (Å²) in [4.78, 5) is 2.45. The standard InChI is InChI=1S/C54H33NOS/c1-3-12-38-30-41(27-24-34(38)10-1)55(42-28-25-35-11-2-4-13-39(35)31-42)50-33-49-46-29-26-40(32-52(46)57-54(49)48-16-6-5-14-44(48)50)36-20-22-37(23-21-36)43-17-9-18-47-45-15-7-8-19-51(45)56-53(43)47/h1-33H. The summed E-state index contributed by atoms with van der Waals surface area (Å²) in [6.45, 7) is 0. The van der Waals surface area contributed by atoms with Gasteiger partial charge in [0.05, 0.1) is 5.69 Å². The molecule has 0 aliphatic heterocycles. The van der Waals surface area contributed by atoms with Crippen LogP contribution in [0, 0.1) is 0 Å². The molecule has 2 nitrogen and oxygen atoms in total. The Labute approximate surface area is 333 Å². The summed E-state index contributed by atoms with van der Waals surface area (Å²) in [5.41, 5.74) is 9.95. The predicted molar refractivity (Wildman–Crippen MR) is 245 cm³/mol. The number of hydrogen-bond donors (Lipinski definition) is 0. The molecule has 0 saturated heterocycles. The van der Waals surface area contributed by atoms with Crippen molar-refractivity contribution in [1.29, 1.82) is 0 Å². The van der Waals surface area contributed by atoms with E-state index in [2.05, 4.69) is 193 Å². The van der Waals surface area contributed by atoms with Gasteiger partial charge in [0.25, 0.3) is 0 Å². The van der Waals surface area contributed by atoms with Crippen LogP contribution in [0.25, 0.3) is 96.7 Å². The normalized spacial score (nSPS) is 11.9. The monoisotopic (exact) mass is 743 g/mol. The second kappa shape index (κ2) is 12.7. The Kier molecular flexibility index (Phi) is 7.13. The smallest absolute Gasteiger partial charge is 0.143 e. The maximum atomic E-state index is 6.37. The van der Waals surface area contributed by atoms with Crippen LogP contribution in [-0.2, 0) is 0 Å². The topological polar surface area (TPSA) is 16.4 Å². The van der Waals surface area contributed by atoms with Crippen molar-refractivity contribution >= 4 is 103 Å². The van der Waals surface area contributed by atoms with Crippen LogP contribution >= 0.6 is 11.3 Å². The molecule has 0 amide bonds. The zero-order chi connectivity index (χ0) is 37.5. The molecule has 0 fully saturated rings. The number of fused-ring (bicyclic) bond motifs is 10. The number of nitrogens with zero attached hydrogens (tertiary/aromatic N) is 1. The van der Waals surface area contributed by atoms with Gasteiger partial charge in [-0.25, -0.2) is 0 Å². The summed E-state index contributed by atoms with van der Waals surface area (Å²) in [7, 11) is 0. The third-order valence-corrected chi connectivity index (χ3v) is 12.8. The van der Waals surface area contributed by atoms with E-state index in [4.69, 9.17) is 4.42 Å². The van der Waals surface area contributed by atoms with Gasteiger partial charge in [0.15, 0.2) is 0 Å². The molecule has 10 aromatic carbocycles. The summed E-state index contributed by atoms with van der Waals surface area (Å²) < 4.78 is 8.96. The summed E-state index contributed by atoms with van der Waals surface area (Å²) in [5.74, 6) is 0. The molecule has 0 atom stereocenters. The van der Waals surface area contributed by atoms with Crippen molar-refractivity contribution in [2.24, 2.45) is 0 Å². The van der Waals surface area contributed by atoms with Crippen molar-refractivity contribution in [3.63, 3.8) is 0 Å². The van der Waals surface area contributed by atoms with Crippen LogP contribution < -0.4 is 4.90 Å². The lowest BCUT2D eigenvalue weighted by molar-refractivity contribution is 0.670. The van der Waals surface area contributed by atoms with Crippen molar-refractivity contribution < 1.29 is 4.42 Å². The van der Waals surface area contributed by atoms with Gasteiger partial charge < -0.3 is 9.32 Å². The highest BCUT2D eigenvalue weighted by molar-refractivity contribution is 7.26. The van der Waals surface area contributed by atoms with E-state index in [0.717, 1.165) is 44.4 Å². The lowest BCUT2D eigenvalue weighted by Gasteiger charge is -2.28. The molecule has 12 rings (SSSR count). The average Bonchev–Trinajstić information content (AvgIpc) is 3.85. The van der Waals surface area contributed by atoms with Crippen molar-refractivity contribution in [1.82, 2.24) is 0 Å². The van der Waals surface area contributed by atoms with Gasteiger partial charge in [-0.15, -0.1) is 11.3 Å². The van der Waals surface area contributed by atoms with Gasteiger partial charge in [0.2, 0.25) is 0 Å². The van der Waals surface area contributed by atoms with E-state index in [-0.39, 0.29) is 0 Å². The fraction of sp³-hybridized carbons (Fsp3) is 0. The second-order valence-electron chi connectivity index (χ2n) is 14.9. The highest BCUT2D eigenvalue weighted by atomic mass is 32.1. The molecule has 3 heteroatoms. The van der Waals surface area contributed by atoms with E-state index in [1.54, 1.807) is 0 Å². The zero-order valence-electron chi connectivity index (χ0n) is 30.8. The van der Waals surface area contributed by atoms with Gasteiger partial charge in [-0.2, -0.15) is 0 Å². The van der Waals surface area contributed by atoms with Gasteiger partial charge in [-0.1, -0.05) is 158 Å². The lowest BCUT2D eigenvalue weighted by Crippen LogP contribution is -2.10. The van der Waals surface area contributed by atoms with Gasteiger partial charge >= 0.3 is 0 Å². The quantitative estimate of drug-likeness (QED) is 0.175. The molecular formula is C54H33NOS. The Hall–Kier alpha value is -7.20. The van der Waals surface area contributed by atoms with E-state index in [1.165, 1.54) is 69.3 Å². The second-order valence-corrected chi connectivity index (χ2v) is 15.9. The zero-order valence-corrected chi connectivity index (χ0v) is 31.6. The van der Waals surface area contributed by atoms with E-state index in [0.29, 0.717) is 0 Å². The van der Waals surface area contributed by atoms with Crippen molar-refractivity contribution in [3.05, 3.63) is 200 Å². The fourth-order valence-electron chi connectivity index (χ4n) is 8.82. The highest BCUT2D eigenvalue weighted by Gasteiger charge is 2.21. The molecule has 266 valence electrons. The minimum Gasteiger partial charge on any atom is -0.455 e. The van der Waals surface area contributed by atoms with Crippen molar-refractivity contribution in [2.45, 2.75) is 0 Å². The first-order valence-electron chi connectivity index (χ1n) is 19.4. The number of hydrogen-bond acceptors (Lipinski definition) is 3. The summed E-state index contributed by atoms with van der Waals surface area (Å²) in [6, 6.07) is 72.8. The van der Waals surface area contributed by atoms with Crippen LogP contribution in [0.2, 0.25) is 0 Å². The summed E-state index contributed by atoms with van der Waals surface area (Å²) >= 11 is 1.89. The highest BCUT2D eigenvalue weighted by Crippen LogP contribution is 2.48. The molecule has 2 aromatic heterocycles. The van der Waals surface area contributed by atoms with Crippen LogP contribution in [0.15, 0.2) is 205 Å². The molecular weight excluding hydrogens is 711 g/mol. The van der Waals surface area contributed by atoms with E-state index in [9.17, 15) is 0 Å². The Morgan fingerprint density at radius 1 is 0.368 bits per heavy atom.